The van der Waals surface area contributed by atoms with Crippen LogP contribution in [0, 0.1) is 0 Å². The lowest BCUT2D eigenvalue weighted by Crippen LogP contribution is -2.41. The Morgan fingerprint density at radius 3 is 2.09 bits per heavy atom. The highest BCUT2D eigenvalue weighted by Crippen LogP contribution is 2.62. The summed E-state index contributed by atoms with van der Waals surface area (Å²) in [5.74, 6) is -0.657. The summed E-state index contributed by atoms with van der Waals surface area (Å²) in [5.41, 5.74) is 0. The molecule has 0 aromatic heterocycles. The number of ether oxygens (including phenoxy) is 1. The van der Waals surface area contributed by atoms with Gasteiger partial charge in [-0.3, -0.25) is 9.36 Å². The van der Waals surface area contributed by atoms with Crippen LogP contribution in [0.1, 0.15) is 60.3 Å². The summed E-state index contributed by atoms with van der Waals surface area (Å²) in [4.78, 5) is 12.4. The zero-order valence-corrected chi connectivity index (χ0v) is 15.4. The van der Waals surface area contributed by atoms with Crippen molar-refractivity contribution in [3.63, 3.8) is 0 Å². The van der Waals surface area contributed by atoms with E-state index in [1.54, 1.807) is 20.8 Å². The first-order valence-electron chi connectivity index (χ1n) is 8.05. The van der Waals surface area contributed by atoms with Crippen molar-refractivity contribution in [2.24, 2.45) is 0 Å². The van der Waals surface area contributed by atoms with Crippen molar-refractivity contribution in [2.45, 2.75) is 71.6 Å². The van der Waals surface area contributed by atoms with E-state index < -0.39 is 24.8 Å². The van der Waals surface area contributed by atoms with E-state index in [0.717, 1.165) is 12.8 Å². The molecule has 6 nitrogen and oxygen atoms in total. The largest absolute Gasteiger partial charge is 0.465 e. The third-order valence-corrected chi connectivity index (χ3v) is 6.21. The van der Waals surface area contributed by atoms with E-state index in [-0.39, 0.29) is 26.2 Å². The van der Waals surface area contributed by atoms with Crippen molar-refractivity contribution < 1.29 is 28.3 Å². The normalized spacial score (nSPS) is 16.1. The number of unbranched alkanes of at least 4 members (excludes halogenated alkanes) is 1. The molecule has 1 N–H and O–H groups in total. The molecule has 0 aromatic carbocycles. The second-order valence-electron chi connectivity index (χ2n) is 5.33. The number of carbonyl (C=O) groups excluding carboxylic acids is 1. The van der Waals surface area contributed by atoms with Crippen LogP contribution in [0.3, 0.4) is 0 Å². The van der Waals surface area contributed by atoms with Crippen LogP contribution in [0.4, 0.5) is 0 Å². The Balaban J connectivity index is 5.46. The molecule has 22 heavy (non-hydrogen) atoms. The van der Waals surface area contributed by atoms with Gasteiger partial charge in [0.1, 0.15) is 0 Å². The van der Waals surface area contributed by atoms with Gasteiger partial charge in [0, 0.05) is 6.42 Å². The maximum atomic E-state index is 13.1. The molecule has 0 aliphatic heterocycles. The van der Waals surface area contributed by atoms with Crippen LogP contribution < -0.4 is 0 Å². The SMILES string of the molecule is CCCCC(O)CC(C)(C(=O)OCC)P(=O)(OCC)OCC. The minimum Gasteiger partial charge on any atom is -0.465 e. The van der Waals surface area contributed by atoms with Gasteiger partial charge < -0.3 is 18.9 Å². The van der Waals surface area contributed by atoms with Crippen molar-refractivity contribution in [2.75, 3.05) is 19.8 Å². The molecule has 132 valence electrons. The quantitative estimate of drug-likeness (QED) is 0.433. The second kappa shape index (κ2) is 10.4. The Bertz CT molecular complexity index is 363. The first kappa shape index (κ1) is 21.6. The number of aliphatic hydroxyl groups excluding tert-OH is 1. The van der Waals surface area contributed by atoms with Crippen molar-refractivity contribution in [1.29, 1.82) is 0 Å². The Hall–Kier alpha value is -0.420. The number of hydrogen-bond donors (Lipinski definition) is 1. The minimum absolute atomic E-state index is 0.0108. The summed E-state index contributed by atoms with van der Waals surface area (Å²) in [7, 11) is -3.75. The van der Waals surface area contributed by atoms with E-state index >= 15 is 0 Å². The fourth-order valence-corrected chi connectivity index (χ4v) is 4.30. The van der Waals surface area contributed by atoms with Crippen LogP contribution in [-0.2, 0) is 23.1 Å². The van der Waals surface area contributed by atoms with Crippen LogP contribution >= 0.6 is 7.60 Å². The predicted octanol–water partition coefficient (Wildman–Crippen LogP) is 3.52. The molecule has 0 aromatic rings. The molecule has 7 heteroatoms. The molecule has 0 heterocycles. The Morgan fingerprint density at radius 1 is 1.14 bits per heavy atom. The van der Waals surface area contributed by atoms with Crippen LogP contribution in [0.25, 0.3) is 0 Å². The molecular formula is C15H31O6P. The molecule has 0 saturated heterocycles. The van der Waals surface area contributed by atoms with Gasteiger partial charge in [0.2, 0.25) is 0 Å². The van der Waals surface area contributed by atoms with Crippen molar-refractivity contribution in [3.8, 4) is 0 Å². The molecule has 0 spiro atoms. The van der Waals surface area contributed by atoms with E-state index in [0.29, 0.717) is 6.42 Å². The number of esters is 1. The van der Waals surface area contributed by atoms with Gasteiger partial charge in [-0.15, -0.1) is 0 Å². The highest BCUT2D eigenvalue weighted by molar-refractivity contribution is 7.56. The van der Waals surface area contributed by atoms with Gasteiger partial charge in [-0.1, -0.05) is 19.8 Å². The topological polar surface area (TPSA) is 82.1 Å². The molecule has 0 bridgehead atoms. The number of rotatable bonds is 12. The Labute approximate surface area is 134 Å². The summed E-state index contributed by atoms with van der Waals surface area (Å²) in [5, 5.41) is 8.68. The van der Waals surface area contributed by atoms with Crippen molar-refractivity contribution in [1.82, 2.24) is 0 Å². The molecule has 0 fully saturated rings. The molecule has 2 unspecified atom stereocenters. The van der Waals surface area contributed by atoms with Crippen molar-refractivity contribution in [3.05, 3.63) is 0 Å². The number of aliphatic hydroxyl groups is 1. The van der Waals surface area contributed by atoms with E-state index in [1.807, 2.05) is 6.92 Å². The van der Waals surface area contributed by atoms with Gasteiger partial charge in [-0.05, 0) is 34.1 Å². The van der Waals surface area contributed by atoms with Crippen LogP contribution in [-0.4, -0.2) is 42.2 Å². The monoisotopic (exact) mass is 338 g/mol. The molecule has 0 aliphatic carbocycles. The number of carbonyl (C=O) groups is 1. The molecule has 0 rings (SSSR count). The Morgan fingerprint density at radius 2 is 1.68 bits per heavy atom. The lowest BCUT2D eigenvalue weighted by Gasteiger charge is -2.35. The molecule has 0 radical (unpaired) electrons. The van der Waals surface area contributed by atoms with Gasteiger partial charge >= 0.3 is 13.6 Å². The highest BCUT2D eigenvalue weighted by atomic mass is 31.2. The molecule has 0 aliphatic rings. The summed E-state index contributed by atoms with van der Waals surface area (Å²) in [6.07, 6.45) is 1.52. The Kier molecular flexibility index (Phi) is 10.2. The summed E-state index contributed by atoms with van der Waals surface area (Å²) in [6, 6.07) is 0. The van der Waals surface area contributed by atoms with E-state index in [9.17, 15) is 14.5 Å². The van der Waals surface area contributed by atoms with Gasteiger partial charge in [-0.25, -0.2) is 0 Å². The summed E-state index contributed by atoms with van der Waals surface area (Å²) in [6.45, 7) is 9.02. The zero-order valence-electron chi connectivity index (χ0n) is 14.5. The van der Waals surface area contributed by atoms with Crippen molar-refractivity contribution >= 4 is 13.6 Å². The van der Waals surface area contributed by atoms with Crippen LogP contribution in [0.2, 0.25) is 0 Å². The number of hydrogen-bond acceptors (Lipinski definition) is 6. The van der Waals surface area contributed by atoms with Gasteiger partial charge in [0.15, 0.2) is 5.16 Å². The fraction of sp³-hybridized carbons (Fsp3) is 0.933. The lowest BCUT2D eigenvalue weighted by atomic mass is 9.99. The van der Waals surface area contributed by atoms with Gasteiger partial charge in [0.25, 0.3) is 0 Å². The second-order valence-corrected chi connectivity index (χ2v) is 7.83. The summed E-state index contributed by atoms with van der Waals surface area (Å²) >= 11 is 0. The van der Waals surface area contributed by atoms with E-state index in [1.165, 1.54) is 6.92 Å². The lowest BCUT2D eigenvalue weighted by molar-refractivity contribution is -0.147. The average molecular weight is 338 g/mol. The average Bonchev–Trinajstić information content (AvgIpc) is 2.45. The van der Waals surface area contributed by atoms with Gasteiger partial charge in [0.05, 0.1) is 25.9 Å². The smallest absolute Gasteiger partial charge is 0.347 e. The molecular weight excluding hydrogens is 307 g/mol. The van der Waals surface area contributed by atoms with Gasteiger partial charge in [-0.2, -0.15) is 0 Å². The van der Waals surface area contributed by atoms with E-state index in [2.05, 4.69) is 0 Å². The predicted molar refractivity (Wildman–Crippen MR) is 86.0 cm³/mol. The van der Waals surface area contributed by atoms with E-state index in [4.69, 9.17) is 13.8 Å². The third-order valence-electron chi connectivity index (χ3n) is 3.44. The summed E-state index contributed by atoms with van der Waals surface area (Å²) < 4.78 is 28.8. The molecule has 0 amide bonds. The zero-order chi connectivity index (χ0) is 17.2. The minimum atomic E-state index is -3.75. The fourth-order valence-electron chi connectivity index (χ4n) is 2.26. The first-order chi connectivity index (χ1) is 10.3. The van der Waals surface area contributed by atoms with Crippen LogP contribution in [0.5, 0.6) is 0 Å². The standard InChI is InChI=1S/C15H31O6P/c1-6-10-11-13(16)12-15(5,14(17)19-7-2)22(18,20-8-3)21-9-4/h13,16H,6-12H2,1-5H3. The maximum absolute atomic E-state index is 13.1. The van der Waals surface area contributed by atoms with Crippen LogP contribution in [0.15, 0.2) is 0 Å². The molecule has 0 saturated carbocycles. The first-order valence-corrected chi connectivity index (χ1v) is 9.59. The highest BCUT2D eigenvalue weighted by Gasteiger charge is 2.55. The molecule has 2 atom stereocenters. The maximum Gasteiger partial charge on any atom is 0.347 e. The third kappa shape index (κ3) is 5.65.